The average Bonchev–Trinajstić information content (AvgIpc) is 2.74. The third-order valence-corrected chi connectivity index (χ3v) is 5.20. The van der Waals surface area contributed by atoms with Crippen molar-refractivity contribution in [3.63, 3.8) is 0 Å². The van der Waals surface area contributed by atoms with Crippen molar-refractivity contribution in [3.05, 3.63) is 64.0 Å². The van der Waals surface area contributed by atoms with Gasteiger partial charge < -0.3 is 10.2 Å². The second kappa shape index (κ2) is 7.72. The predicted octanol–water partition coefficient (Wildman–Crippen LogP) is 3.80. The van der Waals surface area contributed by atoms with E-state index in [1.54, 1.807) is 18.3 Å². The van der Waals surface area contributed by atoms with Crippen molar-refractivity contribution < 1.29 is 4.92 Å². The Morgan fingerprint density at radius 1 is 1.28 bits per heavy atom. The molecule has 0 radical (unpaired) electrons. The van der Waals surface area contributed by atoms with Crippen LogP contribution in [0.5, 0.6) is 0 Å². The number of hydrogen-bond donors (Lipinski definition) is 1. The number of nitrogens with one attached hydrogen (secondary N) is 1. The molecule has 0 aliphatic carbocycles. The van der Waals surface area contributed by atoms with Gasteiger partial charge in [0, 0.05) is 48.2 Å². The number of para-hydroxylation sites is 1. The first-order valence-corrected chi connectivity index (χ1v) is 9.47. The second-order valence-corrected chi connectivity index (χ2v) is 7.16. The van der Waals surface area contributed by atoms with Crippen LogP contribution in [0.25, 0.3) is 10.9 Å². The van der Waals surface area contributed by atoms with Gasteiger partial charge in [-0.2, -0.15) is 5.26 Å². The van der Waals surface area contributed by atoms with Crippen molar-refractivity contribution >= 4 is 28.1 Å². The summed E-state index contributed by atoms with van der Waals surface area (Å²) in [6.07, 6.45) is 3.43. The Morgan fingerprint density at radius 2 is 2.07 bits per heavy atom. The van der Waals surface area contributed by atoms with Gasteiger partial charge in [-0.05, 0) is 38.0 Å². The molecule has 1 aromatic carbocycles. The van der Waals surface area contributed by atoms with Gasteiger partial charge in [0.05, 0.1) is 10.5 Å². The molecule has 0 saturated carbocycles. The van der Waals surface area contributed by atoms with Crippen LogP contribution >= 0.6 is 0 Å². The topological polar surface area (TPSA) is 108 Å². The number of fused-ring (bicyclic) bond motifs is 1. The third kappa shape index (κ3) is 3.80. The monoisotopic (exact) mass is 388 g/mol. The van der Waals surface area contributed by atoms with Crippen molar-refractivity contribution in [3.8, 4) is 6.07 Å². The fourth-order valence-electron chi connectivity index (χ4n) is 3.74. The molecular weight excluding hydrogens is 368 g/mol. The number of rotatable bonds is 4. The van der Waals surface area contributed by atoms with Crippen molar-refractivity contribution in [2.24, 2.45) is 0 Å². The molecule has 1 aliphatic rings. The van der Waals surface area contributed by atoms with Crippen molar-refractivity contribution in [2.45, 2.75) is 25.8 Å². The quantitative estimate of drug-likeness (QED) is 0.535. The van der Waals surface area contributed by atoms with Gasteiger partial charge in [-0.15, -0.1) is 0 Å². The van der Waals surface area contributed by atoms with Crippen LogP contribution in [0.1, 0.15) is 24.1 Å². The Labute approximate surface area is 168 Å². The van der Waals surface area contributed by atoms with Crippen LogP contribution < -0.4 is 10.2 Å². The number of piperidine rings is 1. The molecule has 3 heterocycles. The lowest BCUT2D eigenvalue weighted by atomic mass is 10.0. The Balaban J connectivity index is 1.51. The molecule has 0 atom stereocenters. The zero-order valence-electron chi connectivity index (χ0n) is 16.0. The minimum absolute atomic E-state index is 0.0240. The number of aromatic nitrogens is 2. The van der Waals surface area contributed by atoms with E-state index in [1.807, 2.05) is 25.1 Å². The van der Waals surface area contributed by atoms with Crippen LogP contribution in [0.4, 0.5) is 17.2 Å². The SMILES string of the molecule is Cc1cc(NC2CCN(c3ccc(C#N)cn3)CC2)c2cccc([N+](=O)[O-])c2n1. The van der Waals surface area contributed by atoms with Crippen LogP contribution in [0, 0.1) is 28.4 Å². The highest BCUT2D eigenvalue weighted by Gasteiger charge is 2.22. The molecule has 0 amide bonds. The zero-order chi connectivity index (χ0) is 20.4. The van der Waals surface area contributed by atoms with Crippen molar-refractivity contribution in [1.29, 1.82) is 5.26 Å². The van der Waals surface area contributed by atoms with Crippen molar-refractivity contribution in [2.75, 3.05) is 23.3 Å². The summed E-state index contributed by atoms with van der Waals surface area (Å²) in [6, 6.07) is 13.0. The number of pyridine rings is 2. The number of nitrogens with zero attached hydrogens (tertiary/aromatic N) is 5. The Kier molecular flexibility index (Phi) is 4.96. The van der Waals surface area contributed by atoms with Gasteiger partial charge in [0.2, 0.25) is 0 Å². The lowest BCUT2D eigenvalue weighted by Gasteiger charge is -2.33. The normalized spacial score (nSPS) is 14.6. The molecule has 0 unspecified atom stereocenters. The van der Waals surface area contributed by atoms with E-state index in [-0.39, 0.29) is 16.7 Å². The minimum atomic E-state index is -0.387. The highest BCUT2D eigenvalue weighted by Crippen LogP contribution is 2.31. The molecule has 0 spiro atoms. The average molecular weight is 388 g/mol. The van der Waals surface area contributed by atoms with E-state index in [2.05, 4.69) is 26.3 Å². The highest BCUT2D eigenvalue weighted by atomic mass is 16.6. The number of hydrogen-bond acceptors (Lipinski definition) is 7. The van der Waals surface area contributed by atoms with Gasteiger partial charge in [0.15, 0.2) is 5.52 Å². The van der Waals surface area contributed by atoms with E-state index < -0.39 is 0 Å². The number of anilines is 2. The van der Waals surface area contributed by atoms with Crippen LogP contribution in [0.3, 0.4) is 0 Å². The number of nitriles is 1. The van der Waals surface area contributed by atoms with E-state index >= 15 is 0 Å². The first kappa shape index (κ1) is 18.6. The molecule has 0 bridgehead atoms. The summed E-state index contributed by atoms with van der Waals surface area (Å²) in [4.78, 5) is 21.9. The van der Waals surface area contributed by atoms with Crippen LogP contribution in [0.15, 0.2) is 42.6 Å². The molecule has 8 heteroatoms. The molecular formula is C21H20N6O2. The van der Waals surface area contributed by atoms with Gasteiger partial charge in [0.1, 0.15) is 11.9 Å². The smallest absolute Gasteiger partial charge is 0.295 e. The number of benzene rings is 1. The fourth-order valence-corrected chi connectivity index (χ4v) is 3.74. The largest absolute Gasteiger partial charge is 0.382 e. The number of nitro benzene ring substituents is 1. The molecule has 4 rings (SSSR count). The maximum atomic E-state index is 11.4. The summed E-state index contributed by atoms with van der Waals surface area (Å²) < 4.78 is 0. The van der Waals surface area contributed by atoms with E-state index in [9.17, 15) is 10.1 Å². The number of nitro groups is 1. The van der Waals surface area contributed by atoms with Crippen molar-refractivity contribution in [1.82, 2.24) is 9.97 Å². The van der Waals surface area contributed by atoms with Crippen LogP contribution in [-0.4, -0.2) is 34.0 Å². The Bertz CT molecular complexity index is 1100. The molecule has 1 aliphatic heterocycles. The number of non-ortho nitro benzene ring substituents is 1. The molecule has 1 saturated heterocycles. The molecule has 1 fully saturated rings. The molecule has 8 nitrogen and oxygen atoms in total. The summed E-state index contributed by atoms with van der Waals surface area (Å²) in [5, 5.41) is 24.6. The summed E-state index contributed by atoms with van der Waals surface area (Å²) >= 11 is 0. The fraction of sp³-hybridized carbons (Fsp3) is 0.286. The standard InChI is InChI=1S/C21H20N6O2/c1-14-11-18(17-3-2-4-19(27(28)29)21(17)24-14)25-16-7-9-26(10-8-16)20-6-5-15(12-22)13-23-20/h2-6,11,13,16H,7-10H2,1H3,(H,24,25). The van der Waals surface area contributed by atoms with E-state index in [0.717, 1.165) is 48.5 Å². The van der Waals surface area contributed by atoms with Gasteiger partial charge in [-0.25, -0.2) is 9.97 Å². The van der Waals surface area contributed by atoms with E-state index in [4.69, 9.17) is 5.26 Å². The number of aryl methyl sites for hydroxylation is 1. The third-order valence-electron chi connectivity index (χ3n) is 5.20. The first-order chi connectivity index (χ1) is 14.0. The van der Waals surface area contributed by atoms with Gasteiger partial charge >= 0.3 is 0 Å². The summed E-state index contributed by atoms with van der Waals surface area (Å²) in [5.41, 5.74) is 2.62. The first-order valence-electron chi connectivity index (χ1n) is 9.47. The second-order valence-electron chi connectivity index (χ2n) is 7.16. The molecule has 29 heavy (non-hydrogen) atoms. The molecule has 2 aromatic heterocycles. The summed E-state index contributed by atoms with van der Waals surface area (Å²) in [7, 11) is 0. The van der Waals surface area contributed by atoms with Gasteiger partial charge in [-0.1, -0.05) is 12.1 Å². The Morgan fingerprint density at radius 3 is 2.72 bits per heavy atom. The van der Waals surface area contributed by atoms with Gasteiger partial charge in [-0.3, -0.25) is 10.1 Å². The maximum Gasteiger partial charge on any atom is 0.295 e. The lowest BCUT2D eigenvalue weighted by Crippen LogP contribution is -2.39. The maximum absolute atomic E-state index is 11.4. The van der Waals surface area contributed by atoms with E-state index in [1.165, 1.54) is 6.07 Å². The van der Waals surface area contributed by atoms with E-state index in [0.29, 0.717) is 11.1 Å². The highest BCUT2D eigenvalue weighted by molar-refractivity contribution is 5.96. The lowest BCUT2D eigenvalue weighted by molar-refractivity contribution is -0.383. The summed E-state index contributed by atoms with van der Waals surface area (Å²) in [6.45, 7) is 3.54. The molecule has 146 valence electrons. The van der Waals surface area contributed by atoms with Crippen LogP contribution in [-0.2, 0) is 0 Å². The minimum Gasteiger partial charge on any atom is -0.382 e. The van der Waals surface area contributed by atoms with Crippen LogP contribution in [0.2, 0.25) is 0 Å². The zero-order valence-corrected chi connectivity index (χ0v) is 16.0. The molecule has 1 N–H and O–H groups in total. The Hall–Kier alpha value is -3.73. The predicted molar refractivity (Wildman–Crippen MR) is 111 cm³/mol. The molecule has 3 aromatic rings. The summed E-state index contributed by atoms with van der Waals surface area (Å²) in [5.74, 6) is 0.878. The van der Waals surface area contributed by atoms with Gasteiger partial charge in [0.25, 0.3) is 5.69 Å².